The molecule has 1 unspecified atom stereocenters. The summed E-state index contributed by atoms with van der Waals surface area (Å²) in [4.78, 5) is 12.0. The molecule has 0 aliphatic heterocycles. The number of hydrogen-bond donors (Lipinski definition) is 1. The van der Waals surface area contributed by atoms with E-state index in [1.165, 1.54) is 7.11 Å². The van der Waals surface area contributed by atoms with Crippen molar-refractivity contribution in [1.82, 2.24) is 0 Å². The summed E-state index contributed by atoms with van der Waals surface area (Å²) in [7, 11) is 2.92. The van der Waals surface area contributed by atoms with E-state index >= 15 is 0 Å². The maximum Gasteiger partial charge on any atom is 0.339 e. The number of ether oxygens (including phenoxy) is 4. The first kappa shape index (κ1) is 18.9. The zero-order chi connectivity index (χ0) is 17.9. The van der Waals surface area contributed by atoms with Crippen LogP contribution in [0.3, 0.4) is 0 Å². The van der Waals surface area contributed by atoms with Gasteiger partial charge in [-0.2, -0.15) is 0 Å². The van der Waals surface area contributed by atoms with Crippen molar-refractivity contribution in [2.75, 3.05) is 39.5 Å². The molecule has 0 aromatic heterocycles. The number of rotatable bonds is 10. The van der Waals surface area contributed by atoms with Crippen LogP contribution in [0.25, 0.3) is 0 Å². The Morgan fingerprint density at radius 1 is 0.960 bits per heavy atom. The quantitative estimate of drug-likeness (QED) is 0.405. The van der Waals surface area contributed by atoms with E-state index in [4.69, 9.17) is 18.9 Å². The van der Waals surface area contributed by atoms with Crippen molar-refractivity contribution in [3.05, 3.63) is 60.2 Å². The number of esters is 1. The molecule has 0 aliphatic rings. The van der Waals surface area contributed by atoms with Crippen LogP contribution in [0.5, 0.6) is 0 Å². The van der Waals surface area contributed by atoms with Gasteiger partial charge in [0.1, 0.15) is 6.79 Å². The number of anilines is 2. The average molecular weight is 345 g/mol. The molecule has 0 spiro atoms. The fraction of sp³-hybridized carbons (Fsp3) is 0.316. The molecule has 0 aliphatic carbocycles. The van der Waals surface area contributed by atoms with E-state index < -0.39 is 12.1 Å². The van der Waals surface area contributed by atoms with Crippen LogP contribution in [0.4, 0.5) is 11.4 Å². The monoisotopic (exact) mass is 345 g/mol. The maximum atomic E-state index is 12.0. The zero-order valence-electron chi connectivity index (χ0n) is 14.4. The molecule has 1 atom stereocenters. The summed E-state index contributed by atoms with van der Waals surface area (Å²) in [6.45, 7) is 0.837. The van der Waals surface area contributed by atoms with Gasteiger partial charge in [-0.3, -0.25) is 0 Å². The highest BCUT2D eigenvalue weighted by molar-refractivity contribution is 5.76. The number of carbonyl (C=O) groups is 1. The first-order valence-corrected chi connectivity index (χ1v) is 7.92. The van der Waals surface area contributed by atoms with Crippen LogP contribution in [0, 0.1) is 0 Å². The normalized spacial score (nSPS) is 11.8. The molecule has 0 heterocycles. The second kappa shape index (κ2) is 10.5. The van der Waals surface area contributed by atoms with Crippen molar-refractivity contribution in [3.63, 3.8) is 0 Å². The number of para-hydroxylation sites is 1. The summed E-state index contributed by atoms with van der Waals surface area (Å²) in [5.74, 6) is -0.473. The highest BCUT2D eigenvalue weighted by Crippen LogP contribution is 2.23. The van der Waals surface area contributed by atoms with Gasteiger partial charge in [0.05, 0.1) is 20.3 Å². The molecule has 6 heteroatoms. The predicted octanol–water partition coefficient (Wildman–Crippen LogP) is 3.28. The largest absolute Gasteiger partial charge is 0.467 e. The highest BCUT2D eigenvalue weighted by atomic mass is 16.7. The van der Waals surface area contributed by atoms with Crippen LogP contribution in [-0.4, -0.2) is 40.2 Å². The second-order valence-electron chi connectivity index (χ2n) is 5.20. The van der Waals surface area contributed by atoms with Crippen LogP contribution in [-0.2, 0) is 23.7 Å². The average Bonchev–Trinajstić information content (AvgIpc) is 2.66. The van der Waals surface area contributed by atoms with Gasteiger partial charge in [0.2, 0.25) is 0 Å². The first-order chi connectivity index (χ1) is 12.2. The van der Waals surface area contributed by atoms with E-state index in [9.17, 15) is 4.79 Å². The van der Waals surface area contributed by atoms with Crippen LogP contribution in [0.1, 0.15) is 11.7 Å². The highest BCUT2D eigenvalue weighted by Gasteiger charge is 2.22. The van der Waals surface area contributed by atoms with E-state index in [1.54, 1.807) is 7.11 Å². The molecule has 0 radical (unpaired) electrons. The second-order valence-corrected chi connectivity index (χ2v) is 5.20. The molecule has 2 aromatic carbocycles. The van der Waals surface area contributed by atoms with E-state index in [0.29, 0.717) is 18.8 Å². The predicted molar refractivity (Wildman–Crippen MR) is 94.7 cm³/mol. The van der Waals surface area contributed by atoms with Crippen LogP contribution in [0.2, 0.25) is 0 Å². The SMILES string of the molecule is COCCOCOC(C(=O)OC)c1ccc(Nc2ccccc2)cc1. The molecule has 25 heavy (non-hydrogen) atoms. The lowest BCUT2D eigenvalue weighted by atomic mass is 10.1. The molecule has 1 N–H and O–H groups in total. The molecule has 0 fully saturated rings. The zero-order valence-corrected chi connectivity index (χ0v) is 14.4. The molecule has 2 aromatic rings. The van der Waals surface area contributed by atoms with Gasteiger partial charge in [-0.1, -0.05) is 30.3 Å². The Morgan fingerprint density at radius 2 is 1.64 bits per heavy atom. The molecular weight excluding hydrogens is 322 g/mol. The Morgan fingerprint density at radius 3 is 2.28 bits per heavy atom. The van der Waals surface area contributed by atoms with Crippen LogP contribution < -0.4 is 5.32 Å². The standard InChI is InChI=1S/C19H23NO5/c1-22-12-13-24-14-25-18(19(21)23-2)15-8-10-17(11-9-15)20-16-6-4-3-5-7-16/h3-11,18,20H,12-14H2,1-2H3. The van der Waals surface area contributed by atoms with Crippen molar-refractivity contribution in [1.29, 1.82) is 0 Å². The fourth-order valence-electron chi connectivity index (χ4n) is 2.15. The molecule has 0 saturated heterocycles. The lowest BCUT2D eigenvalue weighted by Gasteiger charge is -2.16. The maximum absolute atomic E-state index is 12.0. The molecular formula is C19H23NO5. The molecule has 2 rings (SSSR count). The molecule has 6 nitrogen and oxygen atoms in total. The number of nitrogens with one attached hydrogen (secondary N) is 1. The molecule has 134 valence electrons. The van der Waals surface area contributed by atoms with Gasteiger partial charge >= 0.3 is 5.97 Å². The molecule has 0 amide bonds. The van der Waals surface area contributed by atoms with Crippen molar-refractivity contribution in [3.8, 4) is 0 Å². The van der Waals surface area contributed by atoms with E-state index in [-0.39, 0.29) is 6.79 Å². The lowest BCUT2D eigenvalue weighted by Crippen LogP contribution is -2.19. The van der Waals surface area contributed by atoms with Gasteiger partial charge in [0.15, 0.2) is 6.10 Å². The van der Waals surface area contributed by atoms with Gasteiger partial charge in [0.25, 0.3) is 0 Å². The summed E-state index contributed by atoms with van der Waals surface area (Å²) >= 11 is 0. The minimum Gasteiger partial charge on any atom is -0.467 e. The fourth-order valence-corrected chi connectivity index (χ4v) is 2.15. The Bertz CT molecular complexity index is 630. The van der Waals surface area contributed by atoms with Gasteiger partial charge in [-0.15, -0.1) is 0 Å². The Kier molecular flexibility index (Phi) is 7.91. The van der Waals surface area contributed by atoms with Crippen molar-refractivity contribution in [2.45, 2.75) is 6.10 Å². The van der Waals surface area contributed by atoms with Crippen molar-refractivity contribution in [2.24, 2.45) is 0 Å². The molecule has 0 bridgehead atoms. The molecule has 0 saturated carbocycles. The summed E-state index contributed by atoms with van der Waals surface area (Å²) in [6.07, 6.45) is -0.835. The third kappa shape index (κ3) is 6.19. The van der Waals surface area contributed by atoms with Gasteiger partial charge < -0.3 is 24.3 Å². The van der Waals surface area contributed by atoms with Crippen molar-refractivity contribution >= 4 is 17.3 Å². The lowest BCUT2D eigenvalue weighted by molar-refractivity contribution is -0.166. The topological polar surface area (TPSA) is 66.0 Å². The smallest absolute Gasteiger partial charge is 0.339 e. The number of methoxy groups -OCH3 is 2. The minimum atomic E-state index is -0.835. The van der Waals surface area contributed by atoms with Gasteiger partial charge in [-0.25, -0.2) is 4.79 Å². The number of carbonyl (C=O) groups excluding carboxylic acids is 1. The van der Waals surface area contributed by atoms with Gasteiger partial charge in [0, 0.05) is 18.5 Å². The van der Waals surface area contributed by atoms with E-state index in [2.05, 4.69) is 5.32 Å². The first-order valence-electron chi connectivity index (χ1n) is 7.92. The Labute approximate surface area is 147 Å². The van der Waals surface area contributed by atoms with Crippen molar-refractivity contribution < 1.29 is 23.7 Å². The summed E-state index contributed by atoms with van der Waals surface area (Å²) in [6, 6.07) is 17.2. The minimum absolute atomic E-state index is 0.0207. The summed E-state index contributed by atoms with van der Waals surface area (Å²) in [5, 5.41) is 3.28. The Hall–Kier alpha value is -2.41. The third-order valence-electron chi connectivity index (χ3n) is 3.44. The van der Waals surface area contributed by atoms with E-state index in [0.717, 1.165) is 11.4 Å². The van der Waals surface area contributed by atoms with Gasteiger partial charge in [-0.05, 0) is 29.8 Å². The summed E-state index contributed by atoms with van der Waals surface area (Å²) < 4.78 is 20.5. The third-order valence-corrected chi connectivity index (χ3v) is 3.44. The number of benzene rings is 2. The van der Waals surface area contributed by atoms with Crippen LogP contribution in [0.15, 0.2) is 54.6 Å². The van der Waals surface area contributed by atoms with Crippen LogP contribution >= 0.6 is 0 Å². The van der Waals surface area contributed by atoms with E-state index in [1.807, 2.05) is 54.6 Å². The number of hydrogen-bond acceptors (Lipinski definition) is 6. The summed E-state index contributed by atoms with van der Waals surface area (Å²) in [5.41, 5.74) is 2.60. The Balaban J connectivity index is 1.98.